The van der Waals surface area contributed by atoms with E-state index < -0.39 is 0 Å². The second kappa shape index (κ2) is 6.12. The lowest BCUT2D eigenvalue weighted by Gasteiger charge is -2.22. The first kappa shape index (κ1) is 14.9. The van der Waals surface area contributed by atoms with Crippen molar-refractivity contribution in [3.63, 3.8) is 0 Å². The highest BCUT2D eigenvalue weighted by Crippen LogP contribution is 2.22. The summed E-state index contributed by atoms with van der Waals surface area (Å²) in [7, 11) is 0. The fourth-order valence-corrected chi connectivity index (χ4v) is 3.06. The Morgan fingerprint density at radius 1 is 1.17 bits per heavy atom. The fraction of sp³-hybridized carbons (Fsp3) is 0.333. The van der Waals surface area contributed by atoms with Crippen molar-refractivity contribution >= 4 is 34.5 Å². The van der Waals surface area contributed by atoms with E-state index in [4.69, 9.17) is 16.0 Å². The quantitative estimate of drug-likeness (QED) is 0.762. The van der Waals surface area contributed by atoms with Crippen LogP contribution < -0.4 is 4.90 Å². The molecule has 1 N–H and O–H groups in total. The molecule has 0 bridgehead atoms. The molecule has 124 valence electrons. The third-order valence-electron chi connectivity index (χ3n) is 4.07. The van der Waals surface area contributed by atoms with Crippen molar-refractivity contribution in [3.05, 3.63) is 35.8 Å². The molecule has 4 rings (SSSR count). The first-order valence-corrected chi connectivity index (χ1v) is 8.04. The molecular weight excluding hydrogens is 332 g/mol. The maximum atomic E-state index is 12.5. The Kier molecular flexibility index (Phi) is 3.81. The van der Waals surface area contributed by atoms with Gasteiger partial charge in [-0.15, -0.1) is 0 Å². The molecular formula is C15H15ClN6O2. The van der Waals surface area contributed by atoms with Crippen LogP contribution in [0.1, 0.15) is 17.0 Å². The van der Waals surface area contributed by atoms with Gasteiger partial charge < -0.3 is 19.2 Å². The number of hydrogen-bond donors (Lipinski definition) is 1. The summed E-state index contributed by atoms with van der Waals surface area (Å²) in [6.45, 7) is 2.71. The highest BCUT2D eigenvalue weighted by atomic mass is 35.5. The molecule has 3 aromatic heterocycles. The van der Waals surface area contributed by atoms with Gasteiger partial charge in [0.1, 0.15) is 11.8 Å². The summed E-state index contributed by atoms with van der Waals surface area (Å²) in [5.41, 5.74) is 1.46. The van der Waals surface area contributed by atoms with E-state index in [0.717, 1.165) is 24.3 Å². The third-order valence-corrected chi connectivity index (χ3v) is 4.27. The molecule has 1 aliphatic heterocycles. The first-order valence-electron chi connectivity index (χ1n) is 7.66. The minimum atomic E-state index is -0.141. The number of furan rings is 1. The number of anilines is 1. The van der Waals surface area contributed by atoms with Gasteiger partial charge in [0.05, 0.1) is 6.33 Å². The summed E-state index contributed by atoms with van der Waals surface area (Å²) in [5.74, 6) is 0.942. The molecule has 3 aromatic rings. The Bertz CT molecular complexity index is 876. The van der Waals surface area contributed by atoms with Gasteiger partial charge in [0.15, 0.2) is 22.4 Å². The van der Waals surface area contributed by atoms with E-state index in [0.29, 0.717) is 25.3 Å². The number of fused-ring (bicyclic) bond motifs is 1. The van der Waals surface area contributed by atoms with Crippen molar-refractivity contribution in [2.45, 2.75) is 6.42 Å². The Balaban J connectivity index is 1.52. The number of H-pyrrole nitrogens is 1. The predicted molar refractivity (Wildman–Crippen MR) is 88.1 cm³/mol. The predicted octanol–water partition coefficient (Wildman–Crippen LogP) is 1.95. The lowest BCUT2D eigenvalue weighted by molar-refractivity contribution is 0.0735. The van der Waals surface area contributed by atoms with Gasteiger partial charge in [-0.3, -0.25) is 4.79 Å². The van der Waals surface area contributed by atoms with Gasteiger partial charge >= 0.3 is 0 Å². The Labute approximate surface area is 142 Å². The fourth-order valence-electron chi connectivity index (χ4n) is 2.91. The van der Waals surface area contributed by atoms with Crippen molar-refractivity contribution in [2.75, 3.05) is 31.1 Å². The molecule has 8 nitrogen and oxygen atoms in total. The second-order valence-corrected chi connectivity index (χ2v) is 5.91. The Hall–Kier alpha value is -2.61. The smallest absolute Gasteiger partial charge is 0.289 e. The van der Waals surface area contributed by atoms with Crippen LogP contribution in [0.25, 0.3) is 11.2 Å². The van der Waals surface area contributed by atoms with E-state index in [9.17, 15) is 4.79 Å². The van der Waals surface area contributed by atoms with Crippen LogP contribution in [0.2, 0.25) is 5.22 Å². The van der Waals surface area contributed by atoms with Crippen molar-refractivity contribution in [3.8, 4) is 0 Å². The summed E-state index contributed by atoms with van der Waals surface area (Å²) in [5, 5.41) is 0.220. The van der Waals surface area contributed by atoms with Crippen LogP contribution in [0, 0.1) is 0 Å². The zero-order valence-electron chi connectivity index (χ0n) is 12.8. The summed E-state index contributed by atoms with van der Waals surface area (Å²) in [6, 6.07) is 3.18. The number of carbonyl (C=O) groups excluding carboxylic acids is 1. The number of imidazole rings is 1. The van der Waals surface area contributed by atoms with Crippen LogP contribution >= 0.6 is 11.6 Å². The molecule has 9 heteroatoms. The summed E-state index contributed by atoms with van der Waals surface area (Å²) in [4.78, 5) is 32.2. The number of rotatable bonds is 2. The molecule has 0 saturated carbocycles. The van der Waals surface area contributed by atoms with E-state index in [1.54, 1.807) is 23.4 Å². The van der Waals surface area contributed by atoms with Crippen molar-refractivity contribution in [1.82, 2.24) is 24.8 Å². The van der Waals surface area contributed by atoms with Gasteiger partial charge in [0.25, 0.3) is 5.91 Å². The number of amides is 1. The van der Waals surface area contributed by atoms with Gasteiger partial charge in [0.2, 0.25) is 0 Å². The molecule has 1 amide bonds. The SMILES string of the molecule is O=C(c1ccc(Cl)o1)N1CCCN(c2ncnc3nc[nH]c23)CC1. The van der Waals surface area contributed by atoms with Crippen LogP contribution in [0.4, 0.5) is 5.82 Å². The summed E-state index contributed by atoms with van der Waals surface area (Å²) in [6.07, 6.45) is 3.95. The van der Waals surface area contributed by atoms with Gasteiger partial charge in [-0.05, 0) is 30.2 Å². The minimum Gasteiger partial charge on any atom is -0.440 e. The average Bonchev–Trinajstić information content (AvgIpc) is 3.17. The lowest BCUT2D eigenvalue weighted by Crippen LogP contribution is -2.35. The van der Waals surface area contributed by atoms with E-state index in [1.807, 2.05) is 0 Å². The first-order chi connectivity index (χ1) is 11.7. The van der Waals surface area contributed by atoms with Crippen LogP contribution in [0.3, 0.4) is 0 Å². The van der Waals surface area contributed by atoms with Gasteiger partial charge in [-0.2, -0.15) is 0 Å². The zero-order chi connectivity index (χ0) is 16.5. The van der Waals surface area contributed by atoms with E-state index in [1.165, 1.54) is 6.33 Å². The maximum absolute atomic E-state index is 12.5. The highest BCUT2D eigenvalue weighted by molar-refractivity contribution is 6.29. The number of carbonyl (C=O) groups is 1. The molecule has 0 unspecified atom stereocenters. The normalized spacial score (nSPS) is 15.7. The van der Waals surface area contributed by atoms with Crippen molar-refractivity contribution < 1.29 is 9.21 Å². The summed E-state index contributed by atoms with van der Waals surface area (Å²) < 4.78 is 5.22. The number of nitrogens with one attached hydrogen (secondary N) is 1. The topological polar surface area (TPSA) is 91.2 Å². The number of aromatic amines is 1. The average molecular weight is 347 g/mol. The molecule has 1 aliphatic rings. The maximum Gasteiger partial charge on any atom is 0.289 e. The monoisotopic (exact) mass is 346 g/mol. The second-order valence-electron chi connectivity index (χ2n) is 5.53. The van der Waals surface area contributed by atoms with E-state index in [2.05, 4.69) is 24.8 Å². The largest absolute Gasteiger partial charge is 0.440 e. The molecule has 0 radical (unpaired) electrons. The Morgan fingerprint density at radius 3 is 2.92 bits per heavy atom. The standard InChI is InChI=1S/C15H15ClN6O2/c16-11-3-2-10(24-11)15(23)22-5-1-4-21(6-7-22)14-12-13(18-8-17-12)19-9-20-14/h2-3,8-9H,1,4-7H2,(H,17,18,19,20). The van der Waals surface area contributed by atoms with Crippen molar-refractivity contribution in [2.24, 2.45) is 0 Å². The van der Waals surface area contributed by atoms with Crippen LogP contribution in [-0.2, 0) is 0 Å². The number of halogens is 1. The third kappa shape index (κ3) is 2.69. The summed E-state index contributed by atoms with van der Waals surface area (Å²) >= 11 is 5.75. The van der Waals surface area contributed by atoms with Crippen LogP contribution in [0.5, 0.6) is 0 Å². The van der Waals surface area contributed by atoms with E-state index in [-0.39, 0.29) is 16.9 Å². The molecule has 1 saturated heterocycles. The molecule has 0 spiro atoms. The highest BCUT2D eigenvalue weighted by Gasteiger charge is 2.24. The van der Waals surface area contributed by atoms with Crippen molar-refractivity contribution in [1.29, 1.82) is 0 Å². The Morgan fingerprint density at radius 2 is 2.08 bits per heavy atom. The molecule has 0 aromatic carbocycles. The van der Waals surface area contributed by atoms with Gasteiger partial charge in [-0.1, -0.05) is 0 Å². The number of aromatic nitrogens is 4. The van der Waals surface area contributed by atoms with Gasteiger partial charge in [0, 0.05) is 26.2 Å². The number of nitrogens with zero attached hydrogens (tertiary/aromatic N) is 5. The number of hydrogen-bond acceptors (Lipinski definition) is 6. The molecule has 1 fully saturated rings. The zero-order valence-corrected chi connectivity index (χ0v) is 13.5. The molecule has 24 heavy (non-hydrogen) atoms. The molecule has 0 atom stereocenters. The van der Waals surface area contributed by atoms with Gasteiger partial charge in [-0.25, -0.2) is 15.0 Å². The minimum absolute atomic E-state index is 0.141. The molecule has 0 aliphatic carbocycles. The lowest BCUT2D eigenvalue weighted by atomic mass is 10.3. The van der Waals surface area contributed by atoms with Crippen LogP contribution in [-0.4, -0.2) is 56.9 Å². The molecule has 4 heterocycles. The van der Waals surface area contributed by atoms with Crippen LogP contribution in [0.15, 0.2) is 29.2 Å². The van der Waals surface area contributed by atoms with E-state index >= 15 is 0 Å².